The molecule has 0 heterocycles. The zero-order valence-corrected chi connectivity index (χ0v) is 21.8. The van der Waals surface area contributed by atoms with Crippen LogP contribution in [0.4, 0.5) is 0 Å². The summed E-state index contributed by atoms with van der Waals surface area (Å²) >= 11 is 0. The maximum absolute atomic E-state index is 2.49. The fourth-order valence-electron chi connectivity index (χ4n) is 9.24. The third-order valence-electron chi connectivity index (χ3n) is 10.8. The summed E-state index contributed by atoms with van der Waals surface area (Å²) in [6, 6.07) is 42.1. The Labute approximate surface area is 227 Å². The molecule has 2 aliphatic rings. The lowest BCUT2D eigenvalue weighted by atomic mass is 9.53. The van der Waals surface area contributed by atoms with Crippen LogP contribution in [-0.4, -0.2) is 0 Å². The monoisotopic (exact) mass is 496 g/mol. The lowest BCUT2D eigenvalue weighted by Crippen LogP contribution is -2.40. The van der Waals surface area contributed by atoms with Crippen molar-refractivity contribution in [3.63, 3.8) is 0 Å². The van der Waals surface area contributed by atoms with E-state index in [1.165, 1.54) is 83.9 Å². The second-order valence-electron chi connectivity index (χ2n) is 12.3. The standard InChI is InChI=1S/C39H28/c1-4-22-10-12-26-16-20-32(30-18-14-24(6-1)34(22)36(26)30)38-28-8-3-9-29(28)39(38)33-21-17-27-13-11-23-5-2-7-25-15-19-31(33)37(27)35(23)25/h1-2,4-7,10-21,28-29,38-39H,3,8-9H2/t28-,29+,38+,39-. The molecule has 0 aliphatic heterocycles. The fourth-order valence-corrected chi connectivity index (χ4v) is 9.24. The van der Waals surface area contributed by atoms with E-state index in [-0.39, 0.29) is 0 Å². The third-order valence-corrected chi connectivity index (χ3v) is 10.8. The van der Waals surface area contributed by atoms with Gasteiger partial charge in [-0.1, -0.05) is 116 Å². The minimum atomic E-state index is 0.584. The van der Waals surface area contributed by atoms with Crippen LogP contribution >= 0.6 is 0 Å². The van der Waals surface area contributed by atoms with Crippen LogP contribution in [0.3, 0.4) is 0 Å². The Morgan fingerprint density at radius 3 is 1.15 bits per heavy atom. The van der Waals surface area contributed by atoms with E-state index in [2.05, 4.69) is 109 Å². The van der Waals surface area contributed by atoms with Crippen LogP contribution in [0, 0.1) is 11.8 Å². The molecular weight excluding hydrogens is 468 g/mol. The molecule has 4 atom stereocenters. The molecule has 0 saturated heterocycles. The number of hydrogen-bond acceptors (Lipinski definition) is 0. The van der Waals surface area contributed by atoms with Gasteiger partial charge in [0.2, 0.25) is 0 Å². The second kappa shape index (κ2) is 7.27. The van der Waals surface area contributed by atoms with E-state index in [9.17, 15) is 0 Å². The summed E-state index contributed by atoms with van der Waals surface area (Å²) in [7, 11) is 0. The molecule has 10 rings (SSSR count). The van der Waals surface area contributed by atoms with E-state index in [4.69, 9.17) is 0 Å². The first-order valence-electron chi connectivity index (χ1n) is 14.7. The van der Waals surface area contributed by atoms with Crippen molar-refractivity contribution in [1.29, 1.82) is 0 Å². The molecule has 2 fully saturated rings. The molecule has 0 spiro atoms. The summed E-state index contributed by atoms with van der Waals surface area (Å²) in [6.45, 7) is 0. The van der Waals surface area contributed by atoms with E-state index in [1.54, 1.807) is 11.1 Å². The van der Waals surface area contributed by atoms with Crippen molar-refractivity contribution in [1.82, 2.24) is 0 Å². The highest BCUT2D eigenvalue weighted by Crippen LogP contribution is 2.66. The normalized spacial score (nSPS) is 23.1. The van der Waals surface area contributed by atoms with Gasteiger partial charge in [0, 0.05) is 0 Å². The fraction of sp³-hybridized carbons (Fsp3) is 0.179. The van der Waals surface area contributed by atoms with Gasteiger partial charge in [-0.2, -0.15) is 0 Å². The molecule has 8 aromatic carbocycles. The summed E-state index contributed by atoms with van der Waals surface area (Å²) in [6.07, 6.45) is 4.12. The molecular formula is C39H28. The van der Waals surface area contributed by atoms with Crippen molar-refractivity contribution in [2.45, 2.75) is 31.1 Å². The van der Waals surface area contributed by atoms with Gasteiger partial charge in [0.1, 0.15) is 0 Å². The SMILES string of the molecule is c1cc2ccc3ccc([C@@H]4[C@@H]5CCC[C@@H]5[C@@H]4c4ccc5ccc6cccc7ccc4c5c67)c4ccc(c1)c2c34. The summed E-state index contributed by atoms with van der Waals surface area (Å²) in [5.41, 5.74) is 3.17. The molecule has 8 aromatic rings. The van der Waals surface area contributed by atoms with Crippen molar-refractivity contribution in [2.75, 3.05) is 0 Å². The van der Waals surface area contributed by atoms with Crippen LogP contribution in [0.2, 0.25) is 0 Å². The maximum Gasteiger partial charge on any atom is -0.00239 e. The molecule has 184 valence electrons. The first kappa shape index (κ1) is 20.8. The van der Waals surface area contributed by atoms with E-state index in [0.29, 0.717) is 11.8 Å². The van der Waals surface area contributed by atoms with Gasteiger partial charge in [0.25, 0.3) is 0 Å². The van der Waals surface area contributed by atoms with Gasteiger partial charge >= 0.3 is 0 Å². The average molecular weight is 497 g/mol. The molecule has 2 aliphatic carbocycles. The highest BCUT2D eigenvalue weighted by Gasteiger charge is 2.53. The van der Waals surface area contributed by atoms with E-state index in [1.807, 2.05) is 0 Å². The number of benzene rings is 8. The minimum Gasteiger partial charge on any atom is -0.0610 e. The maximum atomic E-state index is 2.49. The molecule has 0 unspecified atom stereocenters. The van der Waals surface area contributed by atoms with Crippen molar-refractivity contribution in [3.05, 3.63) is 120 Å². The summed E-state index contributed by atoms with van der Waals surface area (Å²) in [5, 5.41) is 17.0. The van der Waals surface area contributed by atoms with Crippen LogP contribution in [0.25, 0.3) is 64.6 Å². The molecule has 0 amide bonds. The number of hydrogen-bond donors (Lipinski definition) is 0. The van der Waals surface area contributed by atoms with Crippen molar-refractivity contribution in [2.24, 2.45) is 11.8 Å². The van der Waals surface area contributed by atoms with E-state index in [0.717, 1.165) is 11.8 Å². The van der Waals surface area contributed by atoms with Crippen molar-refractivity contribution in [3.8, 4) is 0 Å². The molecule has 0 bridgehead atoms. The molecule has 0 radical (unpaired) electrons. The van der Waals surface area contributed by atoms with Gasteiger partial charge in [-0.15, -0.1) is 0 Å². The Hall–Kier alpha value is -4.16. The Balaban J connectivity index is 1.24. The minimum absolute atomic E-state index is 0.584. The van der Waals surface area contributed by atoms with Crippen LogP contribution in [-0.2, 0) is 0 Å². The topological polar surface area (TPSA) is 0 Å². The molecule has 2 saturated carbocycles. The molecule has 0 N–H and O–H groups in total. The van der Waals surface area contributed by atoms with Gasteiger partial charge in [-0.25, -0.2) is 0 Å². The Morgan fingerprint density at radius 1 is 0.359 bits per heavy atom. The third kappa shape index (κ3) is 2.56. The van der Waals surface area contributed by atoms with Gasteiger partial charge in [0.15, 0.2) is 0 Å². The van der Waals surface area contributed by atoms with Crippen LogP contribution in [0.5, 0.6) is 0 Å². The van der Waals surface area contributed by atoms with Gasteiger partial charge in [-0.05, 0) is 112 Å². The van der Waals surface area contributed by atoms with Gasteiger partial charge in [-0.3, -0.25) is 0 Å². The van der Waals surface area contributed by atoms with Crippen LogP contribution < -0.4 is 0 Å². The predicted molar refractivity (Wildman–Crippen MR) is 167 cm³/mol. The zero-order valence-electron chi connectivity index (χ0n) is 21.8. The summed E-state index contributed by atoms with van der Waals surface area (Å²) < 4.78 is 0. The van der Waals surface area contributed by atoms with Gasteiger partial charge in [0.05, 0.1) is 0 Å². The largest absolute Gasteiger partial charge is 0.0610 e. The molecule has 39 heavy (non-hydrogen) atoms. The van der Waals surface area contributed by atoms with Crippen molar-refractivity contribution >= 4 is 64.6 Å². The van der Waals surface area contributed by atoms with Crippen molar-refractivity contribution < 1.29 is 0 Å². The Kier molecular flexibility index (Phi) is 3.87. The lowest BCUT2D eigenvalue weighted by Gasteiger charge is -2.51. The van der Waals surface area contributed by atoms with E-state index >= 15 is 0 Å². The summed E-state index contributed by atoms with van der Waals surface area (Å²) in [4.78, 5) is 0. The number of fused-ring (bicyclic) bond motifs is 1. The lowest BCUT2D eigenvalue weighted by molar-refractivity contribution is 0.125. The molecule has 0 aromatic heterocycles. The number of rotatable bonds is 2. The quantitative estimate of drug-likeness (QED) is 0.209. The van der Waals surface area contributed by atoms with E-state index < -0.39 is 0 Å². The zero-order chi connectivity index (χ0) is 25.2. The average Bonchev–Trinajstić information content (AvgIpc) is 3.39. The first-order valence-corrected chi connectivity index (χ1v) is 14.7. The molecule has 0 nitrogen and oxygen atoms in total. The molecule has 0 heteroatoms. The highest BCUT2D eigenvalue weighted by molar-refractivity contribution is 6.25. The van der Waals surface area contributed by atoms with Crippen LogP contribution in [0.1, 0.15) is 42.2 Å². The summed E-state index contributed by atoms with van der Waals surface area (Å²) in [5.74, 6) is 2.76. The Morgan fingerprint density at radius 2 is 0.718 bits per heavy atom. The van der Waals surface area contributed by atoms with Gasteiger partial charge < -0.3 is 0 Å². The smallest absolute Gasteiger partial charge is 0.00239 e. The predicted octanol–water partition coefficient (Wildman–Crippen LogP) is 10.8. The first-order chi connectivity index (χ1) is 19.3. The van der Waals surface area contributed by atoms with Crippen LogP contribution in [0.15, 0.2) is 109 Å². The Bertz CT molecular complexity index is 2040. The highest BCUT2D eigenvalue weighted by atomic mass is 14.6. The second-order valence-corrected chi connectivity index (χ2v) is 12.3.